The lowest BCUT2D eigenvalue weighted by molar-refractivity contribution is 0.0639. The predicted molar refractivity (Wildman–Crippen MR) is 69.5 cm³/mol. The van der Waals surface area contributed by atoms with E-state index in [1.807, 2.05) is 30.3 Å². The van der Waals surface area contributed by atoms with Gasteiger partial charge in [-0.1, -0.05) is 30.3 Å². The van der Waals surface area contributed by atoms with Crippen LogP contribution in [0.1, 0.15) is 33.8 Å². The molecule has 6 heteroatoms. The number of aromatic carboxylic acids is 1. The molecule has 6 nitrogen and oxygen atoms in total. The van der Waals surface area contributed by atoms with Crippen molar-refractivity contribution >= 4 is 5.97 Å². The summed E-state index contributed by atoms with van der Waals surface area (Å²) in [5, 5.41) is 9.10. The molecule has 0 aliphatic carbocycles. The molecule has 1 unspecified atom stereocenters. The van der Waals surface area contributed by atoms with Gasteiger partial charge < -0.3 is 19.0 Å². The van der Waals surface area contributed by atoms with E-state index in [-0.39, 0.29) is 24.0 Å². The number of oxazole rings is 1. The number of carboxylic acid groups (broad SMARTS) is 1. The fourth-order valence-electron chi connectivity index (χ4n) is 1.89. The van der Waals surface area contributed by atoms with Crippen LogP contribution >= 0.6 is 0 Å². The van der Waals surface area contributed by atoms with Crippen LogP contribution in [-0.4, -0.2) is 30.3 Å². The molecule has 0 amide bonds. The monoisotopic (exact) mass is 277 g/mol. The van der Waals surface area contributed by atoms with Gasteiger partial charge in [-0.15, -0.1) is 0 Å². The zero-order valence-corrected chi connectivity index (χ0v) is 11.2. The minimum absolute atomic E-state index is 0.0658. The number of carbonyl (C=O) groups is 1. The third kappa shape index (κ3) is 2.87. The maximum atomic E-state index is 11.1. The van der Waals surface area contributed by atoms with Crippen molar-refractivity contribution < 1.29 is 23.8 Å². The molecule has 1 aromatic carbocycles. The average molecular weight is 277 g/mol. The summed E-state index contributed by atoms with van der Waals surface area (Å²) >= 11 is 0. The number of aromatic nitrogens is 1. The Balaban J connectivity index is 2.40. The van der Waals surface area contributed by atoms with E-state index in [1.54, 1.807) is 0 Å². The first-order valence-corrected chi connectivity index (χ1v) is 5.97. The van der Waals surface area contributed by atoms with E-state index in [2.05, 4.69) is 4.98 Å². The fraction of sp³-hybridized carbons (Fsp3) is 0.286. The Morgan fingerprint density at radius 3 is 2.60 bits per heavy atom. The second-order valence-corrected chi connectivity index (χ2v) is 4.09. The van der Waals surface area contributed by atoms with E-state index in [0.717, 1.165) is 5.56 Å². The van der Waals surface area contributed by atoms with Gasteiger partial charge in [-0.2, -0.15) is 0 Å². The van der Waals surface area contributed by atoms with Gasteiger partial charge in [-0.05, 0) is 5.56 Å². The number of nitrogens with zero attached hydrogens (tertiary/aromatic N) is 1. The summed E-state index contributed by atoms with van der Waals surface area (Å²) in [7, 11) is 2.98. The maximum absolute atomic E-state index is 11.1. The van der Waals surface area contributed by atoms with Crippen molar-refractivity contribution in [3.63, 3.8) is 0 Å². The number of methoxy groups -OCH3 is 2. The molecule has 0 spiro atoms. The summed E-state index contributed by atoms with van der Waals surface area (Å²) in [5.74, 6) is -1.21. The van der Waals surface area contributed by atoms with Crippen LogP contribution in [0.2, 0.25) is 0 Å². The molecule has 0 saturated heterocycles. The van der Waals surface area contributed by atoms with E-state index >= 15 is 0 Å². The van der Waals surface area contributed by atoms with Crippen molar-refractivity contribution in [1.82, 2.24) is 4.98 Å². The Labute approximate surface area is 116 Å². The third-order valence-electron chi connectivity index (χ3n) is 2.75. The molecule has 0 aliphatic rings. The Morgan fingerprint density at radius 2 is 2.05 bits per heavy atom. The number of carboxylic acids is 1. The number of hydrogen-bond acceptors (Lipinski definition) is 5. The van der Waals surface area contributed by atoms with Crippen molar-refractivity contribution in [1.29, 1.82) is 0 Å². The first-order chi connectivity index (χ1) is 9.67. The fourth-order valence-corrected chi connectivity index (χ4v) is 1.89. The normalized spacial score (nSPS) is 12.3. The van der Waals surface area contributed by atoms with Crippen LogP contribution in [0.3, 0.4) is 0 Å². The molecular formula is C14H15NO5. The lowest BCUT2D eigenvalue weighted by Gasteiger charge is -2.11. The molecule has 1 atom stereocenters. The Hall–Kier alpha value is -2.18. The molecule has 0 fully saturated rings. The summed E-state index contributed by atoms with van der Waals surface area (Å²) < 4.78 is 15.6. The van der Waals surface area contributed by atoms with E-state index in [4.69, 9.17) is 19.0 Å². The molecule has 20 heavy (non-hydrogen) atoms. The Morgan fingerprint density at radius 1 is 1.35 bits per heavy atom. The molecule has 0 radical (unpaired) electrons. The zero-order valence-electron chi connectivity index (χ0n) is 11.2. The van der Waals surface area contributed by atoms with Gasteiger partial charge in [0.1, 0.15) is 5.69 Å². The third-order valence-corrected chi connectivity index (χ3v) is 2.75. The first kappa shape index (κ1) is 14.2. The summed E-state index contributed by atoms with van der Waals surface area (Å²) in [5.41, 5.74) is 1.07. The van der Waals surface area contributed by atoms with Gasteiger partial charge in [0.25, 0.3) is 0 Å². The van der Waals surface area contributed by atoms with E-state index in [0.29, 0.717) is 0 Å². The predicted octanol–water partition coefficient (Wildman–Crippen LogP) is 2.25. The zero-order chi connectivity index (χ0) is 14.5. The maximum Gasteiger partial charge on any atom is 0.373 e. The number of rotatable bonds is 6. The van der Waals surface area contributed by atoms with E-state index in [1.165, 1.54) is 14.2 Å². The SMILES string of the molecule is COCc1nc(C(OC)c2ccccc2)oc1C(=O)O. The van der Waals surface area contributed by atoms with E-state index < -0.39 is 12.1 Å². The summed E-state index contributed by atoms with van der Waals surface area (Å²) in [6, 6.07) is 9.31. The lowest BCUT2D eigenvalue weighted by Crippen LogP contribution is -2.04. The summed E-state index contributed by atoms with van der Waals surface area (Å²) in [6.45, 7) is 0.0658. The van der Waals surface area contributed by atoms with Gasteiger partial charge in [0.05, 0.1) is 6.61 Å². The van der Waals surface area contributed by atoms with Gasteiger partial charge in [0.2, 0.25) is 11.7 Å². The van der Waals surface area contributed by atoms with Gasteiger partial charge in [0, 0.05) is 14.2 Å². The van der Waals surface area contributed by atoms with Crippen LogP contribution in [0.25, 0.3) is 0 Å². The average Bonchev–Trinajstić information content (AvgIpc) is 2.85. The molecule has 0 aliphatic heterocycles. The number of ether oxygens (including phenoxy) is 2. The summed E-state index contributed by atoms with van der Waals surface area (Å²) in [6.07, 6.45) is -0.556. The van der Waals surface area contributed by atoms with Crippen LogP contribution in [-0.2, 0) is 16.1 Å². The van der Waals surface area contributed by atoms with Gasteiger partial charge in [-0.25, -0.2) is 9.78 Å². The lowest BCUT2D eigenvalue weighted by atomic mass is 10.1. The second-order valence-electron chi connectivity index (χ2n) is 4.09. The van der Waals surface area contributed by atoms with Crippen LogP contribution in [0.4, 0.5) is 0 Å². The number of benzene rings is 1. The molecule has 2 rings (SSSR count). The van der Waals surface area contributed by atoms with E-state index in [9.17, 15) is 4.79 Å². The van der Waals surface area contributed by atoms with Crippen LogP contribution in [0.15, 0.2) is 34.7 Å². The quantitative estimate of drug-likeness (QED) is 0.872. The smallest absolute Gasteiger partial charge is 0.373 e. The largest absolute Gasteiger partial charge is 0.475 e. The van der Waals surface area contributed by atoms with Crippen LogP contribution < -0.4 is 0 Å². The standard InChI is InChI=1S/C14H15NO5/c1-18-8-10-12(14(16)17)20-13(15-10)11(19-2)9-6-4-3-5-7-9/h3-7,11H,8H2,1-2H3,(H,16,17). The van der Waals surface area contributed by atoms with Crippen molar-refractivity contribution in [3.05, 3.63) is 53.2 Å². The van der Waals surface area contributed by atoms with Crippen molar-refractivity contribution in [2.24, 2.45) is 0 Å². The topological polar surface area (TPSA) is 81.8 Å². The first-order valence-electron chi connectivity index (χ1n) is 5.97. The molecular weight excluding hydrogens is 262 g/mol. The Bertz CT molecular complexity index is 579. The molecule has 2 aromatic rings. The van der Waals surface area contributed by atoms with Gasteiger partial charge >= 0.3 is 5.97 Å². The molecule has 1 aromatic heterocycles. The highest BCUT2D eigenvalue weighted by Crippen LogP contribution is 2.26. The minimum Gasteiger partial charge on any atom is -0.475 e. The van der Waals surface area contributed by atoms with Gasteiger partial charge in [-0.3, -0.25) is 0 Å². The van der Waals surface area contributed by atoms with Crippen molar-refractivity contribution in [3.8, 4) is 0 Å². The minimum atomic E-state index is -1.18. The highest BCUT2D eigenvalue weighted by Gasteiger charge is 2.25. The highest BCUT2D eigenvalue weighted by molar-refractivity contribution is 5.85. The Kier molecular flexibility index (Phi) is 4.49. The second kappa shape index (κ2) is 6.31. The molecule has 106 valence electrons. The van der Waals surface area contributed by atoms with Crippen LogP contribution in [0, 0.1) is 0 Å². The summed E-state index contributed by atoms with van der Waals surface area (Å²) in [4.78, 5) is 15.3. The van der Waals surface area contributed by atoms with Crippen molar-refractivity contribution in [2.75, 3.05) is 14.2 Å². The van der Waals surface area contributed by atoms with Gasteiger partial charge in [0.15, 0.2) is 6.10 Å². The number of hydrogen-bond donors (Lipinski definition) is 1. The van der Waals surface area contributed by atoms with Crippen LogP contribution in [0.5, 0.6) is 0 Å². The molecule has 0 saturated carbocycles. The van der Waals surface area contributed by atoms with Crippen molar-refractivity contribution in [2.45, 2.75) is 12.7 Å². The molecule has 0 bridgehead atoms. The molecule has 1 N–H and O–H groups in total. The highest BCUT2D eigenvalue weighted by atomic mass is 16.5. The molecule has 1 heterocycles.